The van der Waals surface area contributed by atoms with E-state index in [-0.39, 0.29) is 17.4 Å². The Morgan fingerprint density at radius 1 is 1.39 bits per heavy atom. The van der Waals surface area contributed by atoms with Gasteiger partial charge in [-0.25, -0.2) is 4.79 Å². The van der Waals surface area contributed by atoms with Gasteiger partial charge in [0.15, 0.2) is 5.82 Å². The lowest BCUT2D eigenvalue weighted by Gasteiger charge is -2.01. The highest BCUT2D eigenvalue weighted by Gasteiger charge is 2.11. The molecule has 0 bridgehead atoms. The number of aryl methyl sites for hydroxylation is 1. The zero-order valence-corrected chi connectivity index (χ0v) is 9.47. The lowest BCUT2D eigenvalue weighted by molar-refractivity contribution is 0.0690. The number of aromatic amines is 1. The second kappa shape index (κ2) is 4.66. The number of nitrogens with one attached hydrogen (secondary N) is 2. The highest BCUT2D eigenvalue weighted by atomic mass is 16.4. The van der Waals surface area contributed by atoms with Crippen LogP contribution in [-0.4, -0.2) is 32.2 Å². The summed E-state index contributed by atoms with van der Waals surface area (Å²) in [5.74, 6) is -1.35. The third-order valence-corrected chi connectivity index (χ3v) is 2.21. The van der Waals surface area contributed by atoms with Gasteiger partial charge < -0.3 is 10.4 Å². The first-order chi connectivity index (χ1) is 8.56. The van der Waals surface area contributed by atoms with Crippen LogP contribution in [0.1, 0.15) is 26.5 Å². The summed E-state index contributed by atoms with van der Waals surface area (Å²) in [6.45, 7) is 1.77. The molecule has 7 nitrogen and oxygen atoms in total. The van der Waals surface area contributed by atoms with E-state index in [2.05, 4.69) is 20.5 Å². The van der Waals surface area contributed by atoms with Crippen LogP contribution in [0.5, 0.6) is 0 Å². The maximum absolute atomic E-state index is 11.8. The van der Waals surface area contributed by atoms with Crippen LogP contribution >= 0.6 is 0 Å². The molecule has 0 saturated carbocycles. The number of hydrogen-bond acceptors (Lipinski definition) is 4. The number of carbonyl (C=O) groups excluding carboxylic acids is 1. The zero-order chi connectivity index (χ0) is 13.1. The molecule has 2 rings (SSSR count). The molecule has 0 aliphatic rings. The number of H-pyrrole nitrogens is 1. The van der Waals surface area contributed by atoms with Crippen LogP contribution in [0, 0.1) is 6.92 Å². The number of aromatic nitrogens is 3. The fraction of sp³-hybridized carbons (Fsp3) is 0.0909. The molecule has 2 aromatic rings. The monoisotopic (exact) mass is 246 g/mol. The van der Waals surface area contributed by atoms with E-state index < -0.39 is 5.97 Å². The predicted octanol–water partition coefficient (Wildman–Crippen LogP) is 1.06. The second-order valence-corrected chi connectivity index (χ2v) is 3.61. The number of carbonyl (C=O) groups is 2. The Hall–Kier alpha value is -2.70. The van der Waals surface area contributed by atoms with Crippen molar-refractivity contribution in [2.45, 2.75) is 6.92 Å². The van der Waals surface area contributed by atoms with Crippen LogP contribution < -0.4 is 5.32 Å². The van der Waals surface area contributed by atoms with Gasteiger partial charge in [-0.15, -0.1) is 0 Å². The first kappa shape index (κ1) is 11.8. The summed E-state index contributed by atoms with van der Waals surface area (Å²) < 4.78 is 0. The fourth-order valence-electron chi connectivity index (χ4n) is 1.37. The van der Waals surface area contributed by atoms with Crippen molar-refractivity contribution >= 4 is 17.7 Å². The Morgan fingerprint density at radius 2 is 2.17 bits per heavy atom. The van der Waals surface area contributed by atoms with Gasteiger partial charge >= 0.3 is 5.97 Å². The minimum absolute atomic E-state index is 0.0868. The standard InChI is InChI=1S/C11H10N4O3/c1-6-4-7(2-3-12-6)10(16)13-9-5-8(11(17)18)14-15-9/h2-5H,1H3,(H,17,18)(H2,13,14,15,16). The lowest BCUT2D eigenvalue weighted by atomic mass is 10.2. The molecule has 92 valence electrons. The average molecular weight is 246 g/mol. The summed E-state index contributed by atoms with van der Waals surface area (Å²) >= 11 is 0. The molecule has 0 aliphatic carbocycles. The largest absolute Gasteiger partial charge is 0.477 e. The maximum Gasteiger partial charge on any atom is 0.353 e. The van der Waals surface area contributed by atoms with E-state index in [0.717, 1.165) is 5.69 Å². The van der Waals surface area contributed by atoms with Gasteiger partial charge in [0, 0.05) is 23.5 Å². The van der Waals surface area contributed by atoms with Crippen molar-refractivity contribution < 1.29 is 14.7 Å². The van der Waals surface area contributed by atoms with Gasteiger partial charge in [-0.1, -0.05) is 0 Å². The van der Waals surface area contributed by atoms with Gasteiger partial charge in [0.05, 0.1) is 0 Å². The molecule has 0 saturated heterocycles. The SMILES string of the molecule is Cc1cc(C(=O)Nc2cc(C(=O)O)[nH]n2)ccn1. The van der Waals surface area contributed by atoms with Crippen LogP contribution in [0.4, 0.5) is 5.82 Å². The normalized spacial score (nSPS) is 10.1. The number of anilines is 1. The summed E-state index contributed by atoms with van der Waals surface area (Å²) in [4.78, 5) is 26.4. The van der Waals surface area contributed by atoms with Gasteiger partial charge in [-0.3, -0.25) is 14.9 Å². The molecule has 0 unspecified atom stereocenters. The topological polar surface area (TPSA) is 108 Å². The third kappa shape index (κ3) is 2.51. The van der Waals surface area contributed by atoms with Crippen molar-refractivity contribution in [3.63, 3.8) is 0 Å². The Labute approximate surface area is 102 Å². The van der Waals surface area contributed by atoms with Gasteiger partial charge in [0.1, 0.15) is 5.69 Å². The number of hydrogen-bond donors (Lipinski definition) is 3. The second-order valence-electron chi connectivity index (χ2n) is 3.61. The van der Waals surface area contributed by atoms with Gasteiger partial charge in [0.2, 0.25) is 0 Å². The first-order valence-electron chi connectivity index (χ1n) is 5.09. The number of amides is 1. The van der Waals surface area contributed by atoms with Crippen LogP contribution in [0.25, 0.3) is 0 Å². The van der Waals surface area contributed by atoms with Crippen LogP contribution in [0.3, 0.4) is 0 Å². The van der Waals surface area contributed by atoms with Crippen molar-refractivity contribution in [2.75, 3.05) is 5.32 Å². The number of rotatable bonds is 3. The van der Waals surface area contributed by atoms with Crippen molar-refractivity contribution in [1.29, 1.82) is 0 Å². The van der Waals surface area contributed by atoms with E-state index in [1.807, 2.05) is 0 Å². The molecule has 0 aliphatic heterocycles. The van der Waals surface area contributed by atoms with Crippen LogP contribution in [0.15, 0.2) is 24.4 Å². The smallest absolute Gasteiger partial charge is 0.353 e. The molecule has 0 spiro atoms. The zero-order valence-electron chi connectivity index (χ0n) is 9.47. The molecule has 18 heavy (non-hydrogen) atoms. The number of aromatic carboxylic acids is 1. The summed E-state index contributed by atoms with van der Waals surface area (Å²) in [6, 6.07) is 4.43. The average Bonchev–Trinajstić information content (AvgIpc) is 2.77. The minimum atomic E-state index is -1.14. The predicted molar refractivity (Wildman–Crippen MR) is 62.5 cm³/mol. The van der Waals surface area contributed by atoms with Gasteiger partial charge in [-0.05, 0) is 19.1 Å². The van der Waals surface area contributed by atoms with E-state index >= 15 is 0 Å². The molecule has 1 amide bonds. The quantitative estimate of drug-likeness (QED) is 0.750. The number of nitrogens with zero attached hydrogens (tertiary/aromatic N) is 2. The molecule has 2 aromatic heterocycles. The highest BCUT2D eigenvalue weighted by Crippen LogP contribution is 2.08. The Bertz CT molecular complexity index is 606. The molecule has 0 aromatic carbocycles. The summed E-state index contributed by atoms with van der Waals surface area (Å²) in [5.41, 5.74) is 1.06. The number of pyridine rings is 1. The van der Waals surface area contributed by atoms with Crippen molar-refractivity contribution in [3.05, 3.63) is 41.3 Å². The van der Waals surface area contributed by atoms with Crippen molar-refractivity contribution in [1.82, 2.24) is 15.2 Å². The Morgan fingerprint density at radius 3 is 2.78 bits per heavy atom. The summed E-state index contributed by atoms with van der Waals surface area (Å²) in [7, 11) is 0. The third-order valence-electron chi connectivity index (χ3n) is 2.21. The minimum Gasteiger partial charge on any atom is -0.477 e. The molecule has 3 N–H and O–H groups in total. The van der Waals surface area contributed by atoms with E-state index in [9.17, 15) is 9.59 Å². The van der Waals surface area contributed by atoms with E-state index in [1.54, 1.807) is 19.1 Å². The van der Waals surface area contributed by atoms with Crippen LogP contribution in [-0.2, 0) is 0 Å². The molecular formula is C11H10N4O3. The van der Waals surface area contributed by atoms with Crippen LogP contribution in [0.2, 0.25) is 0 Å². The van der Waals surface area contributed by atoms with Gasteiger partial charge in [-0.2, -0.15) is 5.10 Å². The number of carboxylic acid groups (broad SMARTS) is 1. The number of carboxylic acids is 1. The van der Waals surface area contributed by atoms with E-state index in [1.165, 1.54) is 12.3 Å². The molecule has 7 heteroatoms. The Balaban J connectivity index is 2.13. The summed E-state index contributed by atoms with van der Waals surface area (Å²) in [6.07, 6.45) is 1.53. The van der Waals surface area contributed by atoms with Crippen molar-refractivity contribution in [2.24, 2.45) is 0 Å². The molecule has 0 fully saturated rings. The maximum atomic E-state index is 11.8. The van der Waals surface area contributed by atoms with E-state index in [0.29, 0.717) is 5.56 Å². The fourth-order valence-corrected chi connectivity index (χ4v) is 1.37. The molecule has 2 heterocycles. The van der Waals surface area contributed by atoms with Gasteiger partial charge in [0.25, 0.3) is 5.91 Å². The lowest BCUT2D eigenvalue weighted by Crippen LogP contribution is -2.12. The summed E-state index contributed by atoms with van der Waals surface area (Å²) in [5, 5.41) is 17.2. The molecule has 0 radical (unpaired) electrons. The molecular weight excluding hydrogens is 236 g/mol. The van der Waals surface area contributed by atoms with E-state index in [4.69, 9.17) is 5.11 Å². The Kier molecular flexibility index (Phi) is 3.05. The molecule has 0 atom stereocenters. The first-order valence-corrected chi connectivity index (χ1v) is 5.09. The highest BCUT2D eigenvalue weighted by molar-refractivity contribution is 6.04. The van der Waals surface area contributed by atoms with Crippen molar-refractivity contribution in [3.8, 4) is 0 Å².